The van der Waals surface area contributed by atoms with Crippen LogP contribution < -0.4 is 0 Å². The average molecular weight is 367 g/mol. The Morgan fingerprint density at radius 1 is 1.06 bits per heavy atom. The van der Waals surface area contributed by atoms with Crippen molar-refractivity contribution in [3.63, 3.8) is 0 Å². The van der Waals surface area contributed by atoms with Crippen molar-refractivity contribution in [2.75, 3.05) is 0 Å². The van der Waals surface area contributed by atoms with Crippen LogP contribution in [0.3, 0.4) is 0 Å². The molecule has 0 atom stereocenters. The van der Waals surface area contributed by atoms with E-state index in [9.17, 15) is 4.79 Å². The summed E-state index contributed by atoms with van der Waals surface area (Å²) in [4.78, 5) is 15.0. The number of aromatic amines is 1. The number of carbonyl (C=O) groups is 1. The van der Waals surface area contributed by atoms with Gasteiger partial charge >= 0.3 is 0 Å². The Morgan fingerprint density at radius 2 is 1.78 bits per heavy atom. The number of Topliss-reactive ketones (excluding diaryl/α,β-unsaturated/α-hetero) is 1. The van der Waals surface area contributed by atoms with E-state index < -0.39 is 0 Å². The van der Waals surface area contributed by atoms with E-state index in [1.807, 2.05) is 24.3 Å². The molecule has 0 spiro atoms. The van der Waals surface area contributed by atoms with Gasteiger partial charge in [0, 0.05) is 30.8 Å². The molecule has 0 aliphatic carbocycles. The highest BCUT2D eigenvalue weighted by atomic mass is 79.9. The van der Waals surface area contributed by atoms with Gasteiger partial charge in [-0.15, -0.1) is 0 Å². The molecule has 2 aromatic carbocycles. The second kappa shape index (κ2) is 4.21. The van der Waals surface area contributed by atoms with Crippen molar-refractivity contribution in [1.29, 1.82) is 0 Å². The zero-order valence-corrected chi connectivity index (χ0v) is 12.7. The average Bonchev–Trinajstić information content (AvgIpc) is 2.66. The first-order valence-electron chi connectivity index (χ1n) is 5.47. The van der Waals surface area contributed by atoms with E-state index in [4.69, 9.17) is 0 Å². The van der Waals surface area contributed by atoms with Gasteiger partial charge in [-0.25, -0.2) is 0 Å². The van der Waals surface area contributed by atoms with Crippen LogP contribution in [-0.4, -0.2) is 10.8 Å². The fourth-order valence-electron chi connectivity index (χ4n) is 2.21. The van der Waals surface area contributed by atoms with Crippen molar-refractivity contribution in [3.8, 4) is 0 Å². The largest absolute Gasteiger partial charge is 0.354 e. The van der Waals surface area contributed by atoms with E-state index in [0.717, 1.165) is 30.8 Å². The number of hydrogen-bond acceptors (Lipinski definition) is 1. The number of fused-ring (bicyclic) bond motifs is 3. The highest BCUT2D eigenvalue weighted by molar-refractivity contribution is 9.10. The highest BCUT2D eigenvalue weighted by Crippen LogP contribution is 2.32. The van der Waals surface area contributed by atoms with Gasteiger partial charge in [-0.2, -0.15) is 0 Å². The Kier molecular flexibility index (Phi) is 2.79. The number of aromatic nitrogens is 1. The van der Waals surface area contributed by atoms with Crippen LogP contribution in [0.25, 0.3) is 21.8 Å². The number of H-pyrrole nitrogens is 1. The topological polar surface area (TPSA) is 32.9 Å². The standard InChI is InChI=1S/C14H9Br2NO/c1-7(18)10-5-9(16)6-12-11-4-8(15)2-3-13(11)17-14(10)12/h2-6,17H,1H3. The molecule has 4 heteroatoms. The number of rotatable bonds is 1. The summed E-state index contributed by atoms with van der Waals surface area (Å²) in [6, 6.07) is 9.95. The summed E-state index contributed by atoms with van der Waals surface area (Å²) < 4.78 is 1.95. The minimum absolute atomic E-state index is 0.0620. The van der Waals surface area contributed by atoms with Crippen LogP contribution in [0.5, 0.6) is 0 Å². The lowest BCUT2D eigenvalue weighted by atomic mass is 10.1. The van der Waals surface area contributed by atoms with Crippen LogP contribution >= 0.6 is 31.9 Å². The van der Waals surface area contributed by atoms with Gasteiger partial charge in [-0.3, -0.25) is 4.79 Å². The van der Waals surface area contributed by atoms with E-state index in [-0.39, 0.29) is 5.78 Å². The minimum atomic E-state index is 0.0620. The molecule has 2 nitrogen and oxygen atoms in total. The third kappa shape index (κ3) is 1.80. The molecular weight excluding hydrogens is 358 g/mol. The Labute approximate surface area is 121 Å². The third-order valence-electron chi connectivity index (χ3n) is 3.01. The van der Waals surface area contributed by atoms with Crippen molar-refractivity contribution >= 4 is 59.4 Å². The Morgan fingerprint density at radius 3 is 2.50 bits per heavy atom. The maximum atomic E-state index is 11.7. The summed E-state index contributed by atoms with van der Waals surface area (Å²) in [7, 11) is 0. The molecule has 3 aromatic rings. The monoisotopic (exact) mass is 365 g/mol. The van der Waals surface area contributed by atoms with Crippen molar-refractivity contribution in [2.24, 2.45) is 0 Å². The Hall–Kier alpha value is -1.13. The van der Waals surface area contributed by atoms with Gasteiger partial charge in [0.25, 0.3) is 0 Å². The summed E-state index contributed by atoms with van der Waals surface area (Å²) in [6.07, 6.45) is 0. The minimum Gasteiger partial charge on any atom is -0.354 e. The van der Waals surface area contributed by atoms with Gasteiger partial charge in [0.1, 0.15) is 0 Å². The van der Waals surface area contributed by atoms with Gasteiger partial charge in [0.05, 0.1) is 5.52 Å². The van der Waals surface area contributed by atoms with Gasteiger partial charge in [0.15, 0.2) is 5.78 Å². The van der Waals surface area contributed by atoms with E-state index in [2.05, 4.69) is 42.9 Å². The smallest absolute Gasteiger partial charge is 0.161 e. The molecule has 1 N–H and O–H groups in total. The molecule has 0 bridgehead atoms. The summed E-state index contributed by atoms with van der Waals surface area (Å²) in [6.45, 7) is 1.59. The SMILES string of the molecule is CC(=O)c1cc(Br)cc2c1[nH]c1ccc(Br)cc12. The van der Waals surface area contributed by atoms with Gasteiger partial charge in [-0.05, 0) is 37.3 Å². The van der Waals surface area contributed by atoms with Crippen LogP contribution in [-0.2, 0) is 0 Å². The first kappa shape index (κ1) is 11.9. The molecule has 0 radical (unpaired) electrons. The lowest BCUT2D eigenvalue weighted by molar-refractivity contribution is 0.101. The third-order valence-corrected chi connectivity index (χ3v) is 3.96. The van der Waals surface area contributed by atoms with E-state index >= 15 is 0 Å². The van der Waals surface area contributed by atoms with E-state index in [1.54, 1.807) is 6.92 Å². The first-order chi connectivity index (χ1) is 8.56. The van der Waals surface area contributed by atoms with Crippen LogP contribution in [0.4, 0.5) is 0 Å². The Bertz CT molecular complexity index is 789. The second-order valence-corrected chi connectivity index (χ2v) is 6.08. The van der Waals surface area contributed by atoms with Gasteiger partial charge < -0.3 is 4.98 Å². The molecule has 3 rings (SSSR count). The molecule has 0 unspecified atom stereocenters. The maximum absolute atomic E-state index is 11.7. The predicted molar refractivity (Wildman–Crippen MR) is 81.2 cm³/mol. The number of carbonyl (C=O) groups excluding carboxylic acids is 1. The number of benzene rings is 2. The summed E-state index contributed by atoms with van der Waals surface area (Å²) in [5.74, 6) is 0.0620. The molecule has 1 heterocycles. The summed E-state index contributed by atoms with van der Waals surface area (Å²) >= 11 is 6.94. The lowest BCUT2D eigenvalue weighted by Gasteiger charge is -2.00. The maximum Gasteiger partial charge on any atom is 0.161 e. The highest BCUT2D eigenvalue weighted by Gasteiger charge is 2.12. The molecule has 1 aromatic heterocycles. The second-order valence-electron chi connectivity index (χ2n) is 4.25. The van der Waals surface area contributed by atoms with E-state index in [1.165, 1.54) is 0 Å². The molecule has 0 amide bonds. The number of halogens is 2. The van der Waals surface area contributed by atoms with Crippen molar-refractivity contribution < 1.29 is 4.79 Å². The Balaban J connectivity index is 2.54. The summed E-state index contributed by atoms with van der Waals surface area (Å²) in [5, 5.41) is 2.18. The summed E-state index contributed by atoms with van der Waals surface area (Å²) in [5.41, 5.74) is 2.65. The van der Waals surface area contributed by atoms with Crippen LogP contribution in [0.2, 0.25) is 0 Å². The zero-order chi connectivity index (χ0) is 12.9. The van der Waals surface area contributed by atoms with Gasteiger partial charge in [0.2, 0.25) is 0 Å². The molecule has 0 fully saturated rings. The molecular formula is C14H9Br2NO. The first-order valence-corrected chi connectivity index (χ1v) is 7.06. The molecule has 0 aliphatic heterocycles. The normalized spacial score (nSPS) is 11.3. The van der Waals surface area contributed by atoms with Crippen molar-refractivity contribution in [2.45, 2.75) is 6.92 Å². The van der Waals surface area contributed by atoms with Crippen LogP contribution in [0.15, 0.2) is 39.3 Å². The molecule has 90 valence electrons. The van der Waals surface area contributed by atoms with Crippen LogP contribution in [0.1, 0.15) is 17.3 Å². The molecule has 18 heavy (non-hydrogen) atoms. The van der Waals surface area contributed by atoms with Crippen molar-refractivity contribution in [3.05, 3.63) is 44.8 Å². The fourth-order valence-corrected chi connectivity index (χ4v) is 3.03. The lowest BCUT2D eigenvalue weighted by Crippen LogP contribution is -1.93. The predicted octanol–water partition coefficient (Wildman–Crippen LogP) is 5.05. The molecule has 0 aliphatic rings. The molecule has 0 saturated heterocycles. The number of nitrogens with one attached hydrogen (secondary N) is 1. The van der Waals surface area contributed by atoms with Crippen LogP contribution in [0, 0.1) is 0 Å². The fraction of sp³-hybridized carbons (Fsp3) is 0.0714. The van der Waals surface area contributed by atoms with Crippen molar-refractivity contribution in [1.82, 2.24) is 4.98 Å². The molecule has 0 saturated carbocycles. The zero-order valence-electron chi connectivity index (χ0n) is 9.55. The quantitative estimate of drug-likeness (QED) is 0.600. The number of ketones is 1. The number of hydrogen-bond donors (Lipinski definition) is 1. The van der Waals surface area contributed by atoms with Gasteiger partial charge in [-0.1, -0.05) is 31.9 Å². The van der Waals surface area contributed by atoms with E-state index in [0.29, 0.717) is 5.56 Å².